The van der Waals surface area contributed by atoms with Gasteiger partial charge in [0.05, 0.1) is 0 Å². The third kappa shape index (κ3) is 5.24. The van der Waals surface area contributed by atoms with Crippen LogP contribution >= 0.6 is 0 Å². The molecular weight excluding hydrogens is 673 g/mol. The number of nitrogens with zero attached hydrogens (tertiary/aromatic N) is 4. The fourth-order valence-electron chi connectivity index (χ4n) is 7.96. The van der Waals surface area contributed by atoms with Gasteiger partial charge in [-0.1, -0.05) is 146 Å². The van der Waals surface area contributed by atoms with Gasteiger partial charge in [-0.25, -0.2) is 15.0 Å². The Morgan fingerprint density at radius 1 is 0.345 bits per heavy atom. The minimum atomic E-state index is 0.618. The monoisotopic (exact) mass is 702 g/mol. The second kappa shape index (κ2) is 12.6. The summed E-state index contributed by atoms with van der Waals surface area (Å²) in [5.41, 5.74) is 9.04. The Morgan fingerprint density at radius 3 is 1.69 bits per heavy atom. The van der Waals surface area contributed by atoms with E-state index < -0.39 is 0 Å². The molecule has 11 aromatic rings. The van der Waals surface area contributed by atoms with Gasteiger partial charge in [-0.3, -0.25) is 4.98 Å². The van der Waals surface area contributed by atoms with Gasteiger partial charge in [0.1, 0.15) is 11.2 Å². The maximum atomic E-state index is 6.17. The molecule has 0 aliphatic rings. The first-order valence-electron chi connectivity index (χ1n) is 18.4. The molecule has 5 nitrogen and oxygen atoms in total. The molecular formula is C50H30N4O. The summed E-state index contributed by atoms with van der Waals surface area (Å²) in [4.78, 5) is 19.6. The molecule has 0 spiro atoms. The van der Waals surface area contributed by atoms with E-state index in [4.69, 9.17) is 19.4 Å². The van der Waals surface area contributed by atoms with Crippen LogP contribution in [0.5, 0.6) is 0 Å². The van der Waals surface area contributed by atoms with Crippen LogP contribution in [-0.2, 0) is 0 Å². The van der Waals surface area contributed by atoms with Crippen molar-refractivity contribution in [3.8, 4) is 56.4 Å². The van der Waals surface area contributed by atoms with Crippen LogP contribution in [0.15, 0.2) is 187 Å². The van der Waals surface area contributed by atoms with Crippen LogP contribution in [0.3, 0.4) is 0 Å². The van der Waals surface area contributed by atoms with Crippen LogP contribution in [0.4, 0.5) is 0 Å². The Morgan fingerprint density at radius 2 is 0.945 bits per heavy atom. The third-order valence-corrected chi connectivity index (χ3v) is 10.6. The van der Waals surface area contributed by atoms with Crippen molar-refractivity contribution in [1.82, 2.24) is 19.9 Å². The fourth-order valence-corrected chi connectivity index (χ4v) is 7.96. The van der Waals surface area contributed by atoms with Crippen molar-refractivity contribution >= 4 is 54.3 Å². The predicted octanol–water partition coefficient (Wildman–Crippen LogP) is 13.0. The summed E-state index contributed by atoms with van der Waals surface area (Å²) in [6.45, 7) is 0. The largest absolute Gasteiger partial charge is 0.456 e. The molecule has 0 fully saturated rings. The highest BCUT2D eigenvalue weighted by Crippen LogP contribution is 2.40. The molecule has 0 radical (unpaired) electrons. The lowest BCUT2D eigenvalue weighted by atomic mass is 9.91. The number of pyridine rings is 1. The number of fused-ring (bicyclic) bond motifs is 8. The van der Waals surface area contributed by atoms with Crippen LogP contribution < -0.4 is 0 Å². The van der Waals surface area contributed by atoms with Crippen LogP contribution in [0.1, 0.15) is 0 Å². The summed E-state index contributed by atoms with van der Waals surface area (Å²) in [7, 11) is 0. The number of aromatic nitrogens is 4. The van der Waals surface area contributed by atoms with Crippen molar-refractivity contribution in [1.29, 1.82) is 0 Å². The van der Waals surface area contributed by atoms with E-state index in [0.29, 0.717) is 17.5 Å². The first-order valence-corrected chi connectivity index (χ1v) is 18.4. The summed E-state index contributed by atoms with van der Waals surface area (Å²) in [5, 5.41) is 9.39. The average Bonchev–Trinajstić information content (AvgIpc) is 3.65. The van der Waals surface area contributed by atoms with Gasteiger partial charge in [0.25, 0.3) is 0 Å². The topological polar surface area (TPSA) is 64.7 Å². The molecule has 0 bridgehead atoms. The first-order chi connectivity index (χ1) is 27.2. The quantitative estimate of drug-likeness (QED) is 0.167. The minimum Gasteiger partial charge on any atom is -0.456 e. The normalized spacial score (nSPS) is 11.6. The van der Waals surface area contributed by atoms with Crippen LogP contribution in [0.2, 0.25) is 0 Å². The van der Waals surface area contributed by atoms with Crippen molar-refractivity contribution < 1.29 is 4.42 Å². The maximum Gasteiger partial charge on any atom is 0.164 e. The lowest BCUT2D eigenvalue weighted by molar-refractivity contribution is 0.669. The first kappa shape index (κ1) is 31.1. The molecule has 3 aromatic heterocycles. The molecule has 0 aliphatic heterocycles. The highest BCUT2D eigenvalue weighted by Gasteiger charge is 2.16. The Labute approximate surface area is 316 Å². The highest BCUT2D eigenvalue weighted by molar-refractivity contribution is 6.23. The summed E-state index contributed by atoms with van der Waals surface area (Å²) >= 11 is 0. The van der Waals surface area contributed by atoms with Gasteiger partial charge in [0.2, 0.25) is 0 Å². The molecule has 8 aromatic carbocycles. The maximum absolute atomic E-state index is 6.17. The Balaban J connectivity index is 1.01. The van der Waals surface area contributed by atoms with E-state index in [1.807, 2.05) is 67.0 Å². The van der Waals surface area contributed by atoms with Crippen LogP contribution in [0, 0.1) is 0 Å². The Bertz CT molecular complexity index is 3230. The number of benzene rings is 8. The second-order valence-electron chi connectivity index (χ2n) is 13.8. The highest BCUT2D eigenvalue weighted by atomic mass is 16.3. The SMILES string of the molecule is c1ccc(-c2nc(-c3ccc(-c4cc5ccncc5c5c4ccc4ccccc45)cc3)nc(-c3ccc(-c4cccc5oc6ccccc6c45)cc3)n2)cc1. The number of rotatable bonds is 5. The number of furan rings is 1. The lowest BCUT2D eigenvalue weighted by Crippen LogP contribution is -2.00. The zero-order chi connectivity index (χ0) is 36.3. The molecule has 0 atom stereocenters. The predicted molar refractivity (Wildman–Crippen MR) is 225 cm³/mol. The van der Waals surface area contributed by atoms with Crippen LogP contribution in [0.25, 0.3) is 111 Å². The summed E-state index contributed by atoms with van der Waals surface area (Å²) in [6.07, 6.45) is 3.85. The molecule has 0 N–H and O–H groups in total. The van der Waals surface area contributed by atoms with Crippen molar-refractivity contribution in [2.24, 2.45) is 0 Å². The van der Waals surface area contributed by atoms with Crippen molar-refractivity contribution in [2.45, 2.75) is 0 Å². The zero-order valence-electron chi connectivity index (χ0n) is 29.5. The zero-order valence-corrected chi connectivity index (χ0v) is 29.5. The van der Waals surface area contributed by atoms with E-state index in [9.17, 15) is 0 Å². The molecule has 0 unspecified atom stereocenters. The van der Waals surface area contributed by atoms with Gasteiger partial charge in [-0.15, -0.1) is 0 Å². The molecule has 256 valence electrons. The Kier molecular flexibility index (Phi) is 7.10. The average molecular weight is 703 g/mol. The fraction of sp³-hybridized carbons (Fsp3) is 0. The molecule has 0 aliphatic carbocycles. The van der Waals surface area contributed by atoms with E-state index in [-0.39, 0.29) is 0 Å². The Hall–Kier alpha value is -7.50. The van der Waals surface area contributed by atoms with E-state index in [2.05, 4.69) is 120 Å². The molecule has 5 heteroatoms. The van der Waals surface area contributed by atoms with Crippen molar-refractivity contribution in [2.75, 3.05) is 0 Å². The molecule has 55 heavy (non-hydrogen) atoms. The summed E-state index contributed by atoms with van der Waals surface area (Å²) < 4.78 is 6.17. The number of para-hydroxylation sites is 1. The van der Waals surface area contributed by atoms with E-state index in [1.54, 1.807) is 0 Å². The minimum absolute atomic E-state index is 0.618. The van der Waals surface area contributed by atoms with Crippen molar-refractivity contribution in [3.63, 3.8) is 0 Å². The smallest absolute Gasteiger partial charge is 0.164 e. The molecule has 11 rings (SSSR count). The van der Waals surface area contributed by atoms with E-state index in [0.717, 1.165) is 66.1 Å². The van der Waals surface area contributed by atoms with E-state index in [1.165, 1.54) is 27.1 Å². The third-order valence-electron chi connectivity index (χ3n) is 10.6. The number of hydrogen-bond donors (Lipinski definition) is 0. The van der Waals surface area contributed by atoms with Gasteiger partial charge in [-0.05, 0) is 73.5 Å². The molecule has 0 saturated heterocycles. The van der Waals surface area contributed by atoms with Crippen LogP contribution in [-0.4, -0.2) is 19.9 Å². The van der Waals surface area contributed by atoms with Gasteiger partial charge in [0, 0.05) is 45.2 Å². The molecule has 3 heterocycles. The van der Waals surface area contributed by atoms with Crippen molar-refractivity contribution in [3.05, 3.63) is 182 Å². The van der Waals surface area contributed by atoms with Gasteiger partial charge >= 0.3 is 0 Å². The number of hydrogen-bond acceptors (Lipinski definition) is 5. The van der Waals surface area contributed by atoms with Gasteiger partial charge < -0.3 is 4.42 Å². The standard InChI is InChI=1S/C50H30N4O/c1-2-10-34(11-3-1)48-52-49(35-21-17-32(18-22-35)39-14-8-16-45-47(39)41-13-6-7-15-44(41)55-45)54-50(53-48)36-23-19-33(20-24-36)42-29-37-27-28-51-30-43(37)46-38-12-5-4-9-31(38)25-26-40(42)46/h1-30H. The molecule has 0 saturated carbocycles. The second-order valence-corrected chi connectivity index (χ2v) is 13.8. The van der Waals surface area contributed by atoms with Gasteiger partial charge in [0.15, 0.2) is 17.5 Å². The summed E-state index contributed by atoms with van der Waals surface area (Å²) in [6, 6.07) is 59.0. The molecule has 0 amide bonds. The van der Waals surface area contributed by atoms with Gasteiger partial charge in [-0.2, -0.15) is 0 Å². The lowest BCUT2D eigenvalue weighted by Gasteiger charge is -2.14. The van der Waals surface area contributed by atoms with E-state index >= 15 is 0 Å². The summed E-state index contributed by atoms with van der Waals surface area (Å²) in [5.74, 6) is 1.87.